The lowest BCUT2D eigenvalue weighted by Gasteiger charge is -2.20. The van der Waals surface area contributed by atoms with E-state index >= 15 is 0 Å². The zero-order chi connectivity index (χ0) is 22.1. The summed E-state index contributed by atoms with van der Waals surface area (Å²) >= 11 is 0. The maximum absolute atomic E-state index is 13.9. The van der Waals surface area contributed by atoms with Gasteiger partial charge in [-0.25, -0.2) is 13.8 Å². The molecule has 5 N–H and O–H groups in total. The van der Waals surface area contributed by atoms with E-state index in [4.69, 9.17) is 11.5 Å². The molecule has 0 aliphatic carbocycles. The van der Waals surface area contributed by atoms with Crippen molar-refractivity contribution in [2.75, 3.05) is 16.8 Å². The van der Waals surface area contributed by atoms with Crippen molar-refractivity contribution in [3.8, 4) is 17.3 Å². The predicted molar refractivity (Wildman–Crippen MR) is 115 cm³/mol. The Labute approximate surface area is 176 Å². The number of nitrogens with zero attached hydrogens (tertiary/aromatic N) is 4. The van der Waals surface area contributed by atoms with Gasteiger partial charge in [-0.15, -0.1) is 0 Å². The van der Waals surface area contributed by atoms with Crippen LogP contribution in [0.25, 0.3) is 22.2 Å². The molecule has 0 spiro atoms. The van der Waals surface area contributed by atoms with Gasteiger partial charge in [0.15, 0.2) is 5.82 Å². The summed E-state index contributed by atoms with van der Waals surface area (Å²) in [5.41, 5.74) is 13.6. The predicted octanol–water partition coefficient (Wildman–Crippen LogP) is 4.18. The van der Waals surface area contributed by atoms with Crippen LogP contribution in [0.4, 0.5) is 26.4 Å². The third-order valence-electron chi connectivity index (χ3n) is 4.79. The summed E-state index contributed by atoms with van der Waals surface area (Å²) in [6.45, 7) is 1.82. The molecule has 0 aliphatic heterocycles. The van der Waals surface area contributed by atoms with Crippen molar-refractivity contribution >= 4 is 28.5 Å². The smallest absolute Gasteiger partial charge is 0.224 e. The first kappa shape index (κ1) is 20.0. The van der Waals surface area contributed by atoms with Gasteiger partial charge in [0, 0.05) is 22.6 Å². The van der Waals surface area contributed by atoms with Gasteiger partial charge in [0.25, 0.3) is 0 Å². The van der Waals surface area contributed by atoms with Crippen molar-refractivity contribution in [3.05, 3.63) is 71.3 Å². The van der Waals surface area contributed by atoms with Crippen molar-refractivity contribution in [2.24, 2.45) is 0 Å². The quantitative estimate of drug-likeness (QED) is 0.455. The lowest BCUT2D eigenvalue weighted by Crippen LogP contribution is -2.14. The van der Waals surface area contributed by atoms with Crippen molar-refractivity contribution < 1.29 is 8.78 Å². The molecule has 4 rings (SSSR count). The summed E-state index contributed by atoms with van der Waals surface area (Å²) in [6, 6.07) is 13.6. The average molecular weight is 417 g/mol. The molecular formula is C22H17F2N7. The molecule has 0 bridgehead atoms. The van der Waals surface area contributed by atoms with Crippen LogP contribution in [0.2, 0.25) is 0 Å². The fraction of sp³-hybridized carbons (Fsp3) is 0.0909. The zero-order valence-corrected chi connectivity index (χ0v) is 16.4. The van der Waals surface area contributed by atoms with Crippen LogP contribution >= 0.6 is 0 Å². The third kappa shape index (κ3) is 3.91. The van der Waals surface area contributed by atoms with Gasteiger partial charge in [-0.2, -0.15) is 15.2 Å². The molecule has 7 nitrogen and oxygen atoms in total. The Morgan fingerprint density at radius 2 is 1.77 bits per heavy atom. The number of halogens is 2. The Bertz CT molecular complexity index is 1350. The van der Waals surface area contributed by atoms with Crippen LogP contribution in [0.5, 0.6) is 0 Å². The summed E-state index contributed by atoms with van der Waals surface area (Å²) in [7, 11) is 0. The molecule has 2 aromatic carbocycles. The van der Waals surface area contributed by atoms with Crippen molar-refractivity contribution in [1.82, 2.24) is 15.0 Å². The van der Waals surface area contributed by atoms with Crippen LogP contribution in [0.15, 0.2) is 48.5 Å². The maximum Gasteiger partial charge on any atom is 0.224 e. The van der Waals surface area contributed by atoms with E-state index in [1.807, 2.05) is 19.1 Å². The molecule has 154 valence electrons. The highest BCUT2D eigenvalue weighted by atomic mass is 19.1. The van der Waals surface area contributed by atoms with Gasteiger partial charge < -0.3 is 16.8 Å². The lowest BCUT2D eigenvalue weighted by molar-refractivity contribution is 0.628. The number of hydrogen-bond donors (Lipinski definition) is 3. The van der Waals surface area contributed by atoms with Crippen LogP contribution in [0, 0.1) is 23.0 Å². The summed E-state index contributed by atoms with van der Waals surface area (Å²) in [4.78, 5) is 12.5. The highest BCUT2D eigenvalue weighted by molar-refractivity contribution is 5.84. The van der Waals surface area contributed by atoms with E-state index in [9.17, 15) is 14.0 Å². The van der Waals surface area contributed by atoms with Crippen LogP contribution < -0.4 is 16.8 Å². The minimum Gasteiger partial charge on any atom is -0.382 e. The molecule has 2 heterocycles. The largest absolute Gasteiger partial charge is 0.382 e. The normalized spacial score (nSPS) is 11.8. The molecule has 0 amide bonds. The van der Waals surface area contributed by atoms with Gasteiger partial charge in [-0.05, 0) is 37.3 Å². The van der Waals surface area contributed by atoms with Crippen LogP contribution in [0.1, 0.15) is 24.1 Å². The van der Waals surface area contributed by atoms with Crippen molar-refractivity contribution in [1.29, 1.82) is 5.26 Å². The molecule has 0 fully saturated rings. The van der Waals surface area contributed by atoms with Crippen LogP contribution in [-0.4, -0.2) is 15.0 Å². The van der Waals surface area contributed by atoms with E-state index < -0.39 is 17.7 Å². The van der Waals surface area contributed by atoms with Crippen molar-refractivity contribution in [3.63, 3.8) is 0 Å². The fourth-order valence-corrected chi connectivity index (χ4v) is 3.35. The molecule has 0 aliphatic rings. The SMILES string of the molecule is CC(Nc1nc(N)nc(N)c1C#N)c1cc2ccc(F)cc2nc1-c1cccc(F)c1. The van der Waals surface area contributed by atoms with Gasteiger partial charge in [0.2, 0.25) is 5.95 Å². The number of anilines is 3. The molecule has 1 atom stereocenters. The number of fused-ring (bicyclic) bond motifs is 1. The average Bonchev–Trinajstić information content (AvgIpc) is 2.72. The third-order valence-corrected chi connectivity index (χ3v) is 4.79. The number of nitrogens with two attached hydrogens (primary N) is 2. The van der Waals surface area contributed by atoms with E-state index in [1.165, 1.54) is 24.3 Å². The molecule has 0 saturated carbocycles. The summed E-state index contributed by atoms with van der Waals surface area (Å²) in [5.74, 6) is -0.793. The Kier molecular flexibility index (Phi) is 5.05. The minimum absolute atomic E-state index is 0.0397. The van der Waals surface area contributed by atoms with Gasteiger partial charge in [0.05, 0.1) is 17.3 Å². The van der Waals surface area contributed by atoms with Crippen molar-refractivity contribution in [2.45, 2.75) is 13.0 Å². The zero-order valence-electron chi connectivity index (χ0n) is 16.4. The van der Waals surface area contributed by atoms with E-state index in [0.717, 1.165) is 0 Å². The molecular weight excluding hydrogens is 400 g/mol. The van der Waals surface area contributed by atoms with Crippen LogP contribution in [0.3, 0.4) is 0 Å². The first-order chi connectivity index (χ1) is 14.9. The van der Waals surface area contributed by atoms with E-state index in [-0.39, 0.29) is 23.1 Å². The van der Waals surface area contributed by atoms with Gasteiger partial charge in [-0.1, -0.05) is 12.1 Å². The maximum atomic E-state index is 13.9. The number of benzene rings is 2. The molecule has 0 radical (unpaired) electrons. The van der Waals surface area contributed by atoms with Gasteiger partial charge in [-0.3, -0.25) is 0 Å². The minimum atomic E-state index is -0.443. The standard InChI is InChI=1S/C22H17F2N7/c1-11(28-21-17(10-25)20(26)30-22(27)31-21)16-8-12-5-6-15(24)9-18(12)29-19(16)13-3-2-4-14(23)7-13/h2-9,11H,1H3,(H5,26,27,28,30,31). The van der Waals surface area contributed by atoms with Crippen LogP contribution in [-0.2, 0) is 0 Å². The van der Waals surface area contributed by atoms with E-state index in [1.54, 1.807) is 18.2 Å². The number of rotatable bonds is 4. The second-order valence-corrected chi connectivity index (χ2v) is 6.94. The first-order valence-corrected chi connectivity index (χ1v) is 9.31. The Hall–Kier alpha value is -4.32. The fourth-order valence-electron chi connectivity index (χ4n) is 3.35. The number of nitrogen functional groups attached to an aromatic ring is 2. The lowest BCUT2D eigenvalue weighted by atomic mass is 9.98. The topological polar surface area (TPSA) is 127 Å². The van der Waals surface area contributed by atoms with E-state index in [0.29, 0.717) is 27.7 Å². The first-order valence-electron chi connectivity index (χ1n) is 9.31. The number of pyridine rings is 1. The molecule has 31 heavy (non-hydrogen) atoms. The monoisotopic (exact) mass is 417 g/mol. The number of hydrogen-bond acceptors (Lipinski definition) is 7. The molecule has 9 heteroatoms. The highest BCUT2D eigenvalue weighted by Gasteiger charge is 2.19. The molecule has 0 saturated heterocycles. The molecule has 2 aromatic heterocycles. The summed E-state index contributed by atoms with van der Waals surface area (Å²) in [6.07, 6.45) is 0. The molecule has 1 unspecified atom stereocenters. The number of aromatic nitrogens is 3. The Balaban J connectivity index is 1.87. The Morgan fingerprint density at radius 1 is 1.00 bits per heavy atom. The second-order valence-electron chi connectivity index (χ2n) is 6.94. The number of nitrogens with one attached hydrogen (secondary N) is 1. The van der Waals surface area contributed by atoms with Gasteiger partial charge in [0.1, 0.15) is 29.1 Å². The highest BCUT2D eigenvalue weighted by Crippen LogP contribution is 2.33. The Morgan fingerprint density at radius 3 is 2.52 bits per heavy atom. The number of nitriles is 1. The molecule has 4 aromatic rings. The van der Waals surface area contributed by atoms with Gasteiger partial charge >= 0.3 is 0 Å². The summed E-state index contributed by atoms with van der Waals surface area (Å²) < 4.78 is 27.7. The van der Waals surface area contributed by atoms with E-state index in [2.05, 4.69) is 20.3 Å². The summed E-state index contributed by atoms with van der Waals surface area (Å²) in [5, 5.41) is 13.2. The second kappa shape index (κ2) is 7.84.